The third-order valence-corrected chi connectivity index (χ3v) is 4.67. The molecule has 6 heteroatoms. The van der Waals surface area contributed by atoms with Crippen LogP contribution in [0.2, 0.25) is 0 Å². The molecule has 1 unspecified atom stereocenters. The Morgan fingerprint density at radius 3 is 2.88 bits per heavy atom. The summed E-state index contributed by atoms with van der Waals surface area (Å²) in [5.41, 5.74) is 8.18. The summed E-state index contributed by atoms with van der Waals surface area (Å²) in [7, 11) is 2.18. The van der Waals surface area contributed by atoms with Gasteiger partial charge in [0.15, 0.2) is 0 Å². The average Bonchev–Trinajstić information content (AvgIpc) is 3.05. The first-order chi connectivity index (χ1) is 12.1. The molecule has 1 aromatic heterocycles. The fraction of sp³-hybridized carbons (Fsp3) is 0.421. The topological polar surface area (TPSA) is 79.3 Å². The second kappa shape index (κ2) is 8.18. The van der Waals surface area contributed by atoms with Gasteiger partial charge in [-0.2, -0.15) is 5.10 Å². The van der Waals surface area contributed by atoms with Crippen molar-refractivity contribution < 1.29 is 5.11 Å². The van der Waals surface area contributed by atoms with Gasteiger partial charge in [0.2, 0.25) is 0 Å². The lowest BCUT2D eigenvalue weighted by atomic mass is 9.97. The average molecular weight is 341 g/mol. The Morgan fingerprint density at radius 2 is 2.12 bits per heavy atom. The minimum absolute atomic E-state index is 0.612. The normalized spacial score (nSPS) is 17.8. The standard InChI is InChI=1S/C19H27N5O/c1-23-10-8-15(9-11-23)13-24-14-16(12-21-24)6-7-19(25)22-18-5-3-2-4-17(18)20/h2-7,12,14-15,19,22,25H,8-11,13,20H2,1H3/b7-6+. The maximum atomic E-state index is 10.1. The number of rotatable bonds is 6. The lowest BCUT2D eigenvalue weighted by Gasteiger charge is -2.28. The van der Waals surface area contributed by atoms with Gasteiger partial charge in [-0.3, -0.25) is 4.68 Å². The molecule has 6 nitrogen and oxygen atoms in total. The van der Waals surface area contributed by atoms with Crippen LogP contribution in [-0.4, -0.2) is 46.2 Å². The van der Waals surface area contributed by atoms with E-state index in [1.54, 1.807) is 12.1 Å². The molecule has 2 heterocycles. The smallest absolute Gasteiger partial charge is 0.144 e. The number of nitrogen functional groups attached to an aromatic ring is 1. The highest BCUT2D eigenvalue weighted by Gasteiger charge is 2.17. The Morgan fingerprint density at radius 1 is 1.36 bits per heavy atom. The van der Waals surface area contributed by atoms with Crippen molar-refractivity contribution in [1.82, 2.24) is 14.7 Å². The van der Waals surface area contributed by atoms with Gasteiger partial charge in [0, 0.05) is 18.3 Å². The number of nitrogens with one attached hydrogen (secondary N) is 1. The van der Waals surface area contributed by atoms with Crippen LogP contribution < -0.4 is 11.1 Å². The Balaban J connectivity index is 1.52. The van der Waals surface area contributed by atoms with Crippen molar-refractivity contribution in [3.8, 4) is 0 Å². The van der Waals surface area contributed by atoms with Gasteiger partial charge in [-0.05, 0) is 57.1 Å². The van der Waals surface area contributed by atoms with Crippen molar-refractivity contribution in [3.05, 3.63) is 48.3 Å². The van der Waals surface area contributed by atoms with Crippen LogP contribution in [-0.2, 0) is 6.54 Å². The number of likely N-dealkylation sites (tertiary alicyclic amines) is 1. The van der Waals surface area contributed by atoms with Gasteiger partial charge < -0.3 is 21.1 Å². The summed E-state index contributed by atoms with van der Waals surface area (Å²) in [6.07, 6.45) is 9.07. The first-order valence-electron chi connectivity index (χ1n) is 8.78. The fourth-order valence-electron chi connectivity index (χ4n) is 3.11. The molecule has 0 amide bonds. The zero-order valence-electron chi connectivity index (χ0n) is 14.7. The predicted molar refractivity (Wildman–Crippen MR) is 102 cm³/mol. The monoisotopic (exact) mass is 341 g/mol. The predicted octanol–water partition coefficient (Wildman–Crippen LogP) is 2.25. The summed E-state index contributed by atoms with van der Waals surface area (Å²) >= 11 is 0. The molecule has 0 radical (unpaired) electrons. The van der Waals surface area contributed by atoms with Crippen molar-refractivity contribution in [2.24, 2.45) is 5.92 Å². The number of aliphatic hydroxyl groups excluding tert-OH is 1. The van der Waals surface area contributed by atoms with E-state index in [0.29, 0.717) is 11.6 Å². The summed E-state index contributed by atoms with van der Waals surface area (Å²) in [5, 5.41) is 17.5. The van der Waals surface area contributed by atoms with Crippen LogP contribution in [0, 0.1) is 5.92 Å². The molecule has 0 spiro atoms. The minimum atomic E-state index is -0.804. The summed E-state index contributed by atoms with van der Waals surface area (Å²) in [5.74, 6) is 0.696. The quantitative estimate of drug-likeness (QED) is 0.555. The number of aromatic nitrogens is 2. The molecular formula is C19H27N5O. The van der Waals surface area contributed by atoms with E-state index in [1.807, 2.05) is 41.4 Å². The van der Waals surface area contributed by atoms with E-state index in [9.17, 15) is 5.11 Å². The molecule has 134 valence electrons. The molecule has 1 aromatic carbocycles. The molecule has 2 aromatic rings. The second-order valence-electron chi connectivity index (χ2n) is 6.78. The SMILES string of the molecule is CN1CCC(Cn2cc(/C=C/C(O)Nc3ccccc3N)cn2)CC1. The Hall–Kier alpha value is -2.31. The molecule has 0 aliphatic carbocycles. The zero-order valence-corrected chi connectivity index (χ0v) is 14.7. The van der Waals surface area contributed by atoms with Gasteiger partial charge in [-0.25, -0.2) is 0 Å². The molecule has 1 aliphatic heterocycles. The van der Waals surface area contributed by atoms with Crippen LogP contribution in [0.3, 0.4) is 0 Å². The first kappa shape index (κ1) is 17.5. The van der Waals surface area contributed by atoms with Crippen molar-refractivity contribution in [3.63, 3.8) is 0 Å². The number of anilines is 2. The Kier molecular flexibility index (Phi) is 5.73. The van der Waals surface area contributed by atoms with Gasteiger partial charge in [0.25, 0.3) is 0 Å². The Bertz CT molecular complexity index is 703. The van der Waals surface area contributed by atoms with Crippen LogP contribution in [0.25, 0.3) is 6.08 Å². The number of hydrogen-bond donors (Lipinski definition) is 3. The number of benzene rings is 1. The third kappa shape index (κ3) is 5.08. The van der Waals surface area contributed by atoms with Crippen molar-refractivity contribution >= 4 is 17.5 Å². The van der Waals surface area contributed by atoms with Crippen LogP contribution in [0.5, 0.6) is 0 Å². The molecule has 1 aliphatic rings. The van der Waals surface area contributed by atoms with E-state index in [4.69, 9.17) is 5.73 Å². The van der Waals surface area contributed by atoms with Crippen LogP contribution in [0.15, 0.2) is 42.7 Å². The van der Waals surface area contributed by atoms with E-state index in [2.05, 4.69) is 22.4 Å². The van der Waals surface area contributed by atoms with Gasteiger partial charge in [-0.1, -0.05) is 18.2 Å². The molecule has 0 saturated carbocycles. The number of aliphatic hydroxyl groups is 1. The second-order valence-corrected chi connectivity index (χ2v) is 6.78. The first-order valence-corrected chi connectivity index (χ1v) is 8.78. The van der Waals surface area contributed by atoms with Gasteiger partial charge in [0.1, 0.15) is 6.23 Å². The van der Waals surface area contributed by atoms with Crippen molar-refractivity contribution in [2.75, 3.05) is 31.2 Å². The third-order valence-electron chi connectivity index (χ3n) is 4.67. The maximum Gasteiger partial charge on any atom is 0.144 e. The van der Waals surface area contributed by atoms with Gasteiger partial charge in [-0.15, -0.1) is 0 Å². The summed E-state index contributed by atoms with van der Waals surface area (Å²) in [4.78, 5) is 2.38. The molecular weight excluding hydrogens is 314 g/mol. The largest absolute Gasteiger partial charge is 0.397 e. The van der Waals surface area contributed by atoms with Crippen LogP contribution in [0.1, 0.15) is 18.4 Å². The zero-order chi connectivity index (χ0) is 17.6. The van der Waals surface area contributed by atoms with E-state index in [1.165, 1.54) is 25.9 Å². The van der Waals surface area contributed by atoms with E-state index in [-0.39, 0.29) is 0 Å². The number of nitrogens with zero attached hydrogens (tertiary/aromatic N) is 3. The molecule has 25 heavy (non-hydrogen) atoms. The fourth-order valence-corrected chi connectivity index (χ4v) is 3.11. The summed E-state index contributed by atoms with van der Waals surface area (Å²) in [6.45, 7) is 3.29. The molecule has 4 N–H and O–H groups in total. The van der Waals surface area contributed by atoms with E-state index in [0.717, 1.165) is 17.8 Å². The highest BCUT2D eigenvalue weighted by Crippen LogP contribution is 2.19. The lowest BCUT2D eigenvalue weighted by molar-refractivity contribution is 0.201. The molecule has 3 rings (SSSR count). The summed E-state index contributed by atoms with van der Waals surface area (Å²) < 4.78 is 2.00. The van der Waals surface area contributed by atoms with Crippen LogP contribution in [0.4, 0.5) is 11.4 Å². The van der Waals surface area contributed by atoms with E-state index < -0.39 is 6.23 Å². The molecule has 1 saturated heterocycles. The van der Waals surface area contributed by atoms with Crippen LogP contribution >= 0.6 is 0 Å². The number of para-hydroxylation sites is 2. The molecule has 0 bridgehead atoms. The number of hydrogen-bond acceptors (Lipinski definition) is 5. The van der Waals surface area contributed by atoms with E-state index >= 15 is 0 Å². The molecule has 1 atom stereocenters. The van der Waals surface area contributed by atoms with Crippen molar-refractivity contribution in [1.29, 1.82) is 0 Å². The highest BCUT2D eigenvalue weighted by atomic mass is 16.3. The molecule has 1 fully saturated rings. The van der Waals surface area contributed by atoms with Gasteiger partial charge in [0.05, 0.1) is 17.6 Å². The minimum Gasteiger partial charge on any atom is -0.397 e. The Labute approximate surface area is 148 Å². The maximum absolute atomic E-state index is 10.1. The number of piperidine rings is 1. The van der Waals surface area contributed by atoms with Crippen molar-refractivity contribution in [2.45, 2.75) is 25.6 Å². The summed E-state index contributed by atoms with van der Waals surface area (Å²) in [6, 6.07) is 7.38. The highest BCUT2D eigenvalue weighted by molar-refractivity contribution is 5.66. The lowest BCUT2D eigenvalue weighted by Crippen LogP contribution is -2.31. The van der Waals surface area contributed by atoms with Gasteiger partial charge >= 0.3 is 0 Å². The number of nitrogens with two attached hydrogens (primary N) is 1.